The number of benzene rings is 1. The van der Waals surface area contributed by atoms with Crippen LogP contribution in [0.15, 0.2) is 54.0 Å². The average Bonchev–Trinajstić information content (AvgIpc) is 3.17. The first-order chi connectivity index (χ1) is 14.2. The molecular weight excluding hydrogens is 382 g/mol. The lowest BCUT2D eigenvalue weighted by Gasteiger charge is -2.35. The molecule has 1 aliphatic heterocycles. The summed E-state index contributed by atoms with van der Waals surface area (Å²) in [6.07, 6.45) is 2.15. The number of piperazine rings is 1. The number of aryl methyl sites for hydroxylation is 1. The fourth-order valence-electron chi connectivity index (χ4n) is 3.39. The van der Waals surface area contributed by atoms with Crippen molar-refractivity contribution in [2.24, 2.45) is 0 Å². The van der Waals surface area contributed by atoms with Crippen LogP contribution < -0.4 is 10.2 Å². The zero-order valence-corrected chi connectivity index (χ0v) is 17.4. The van der Waals surface area contributed by atoms with Gasteiger partial charge in [-0.05, 0) is 31.2 Å². The Hall–Kier alpha value is -2.77. The van der Waals surface area contributed by atoms with Crippen LogP contribution in [0.4, 0.5) is 11.5 Å². The molecule has 0 aliphatic carbocycles. The summed E-state index contributed by atoms with van der Waals surface area (Å²) >= 11 is 1.56. The number of carbonyl (C=O) groups excluding carboxylic acids is 1. The van der Waals surface area contributed by atoms with E-state index in [1.54, 1.807) is 11.3 Å². The van der Waals surface area contributed by atoms with E-state index in [9.17, 15) is 4.79 Å². The second-order valence-electron chi connectivity index (χ2n) is 7.27. The van der Waals surface area contributed by atoms with Crippen LogP contribution in [0.2, 0.25) is 0 Å². The van der Waals surface area contributed by atoms with Crippen LogP contribution in [0.25, 0.3) is 0 Å². The van der Waals surface area contributed by atoms with Crippen molar-refractivity contribution in [2.45, 2.75) is 19.9 Å². The zero-order valence-electron chi connectivity index (χ0n) is 16.5. The van der Waals surface area contributed by atoms with Gasteiger partial charge in [-0.15, -0.1) is 11.3 Å². The fraction of sp³-hybridized carbons (Fsp3) is 0.318. The van der Waals surface area contributed by atoms with Gasteiger partial charge in [0.15, 0.2) is 0 Å². The van der Waals surface area contributed by atoms with Crippen molar-refractivity contribution in [1.29, 1.82) is 0 Å². The third-order valence-corrected chi connectivity index (χ3v) is 5.88. The Bertz CT molecular complexity index is 933. The van der Waals surface area contributed by atoms with Gasteiger partial charge in [0.2, 0.25) is 5.91 Å². The van der Waals surface area contributed by atoms with Crippen LogP contribution >= 0.6 is 11.3 Å². The van der Waals surface area contributed by atoms with Crippen molar-refractivity contribution in [2.75, 3.05) is 36.4 Å². The van der Waals surface area contributed by atoms with Gasteiger partial charge in [-0.2, -0.15) is 0 Å². The number of hydrogen-bond acceptors (Lipinski definition) is 6. The first-order valence-corrected chi connectivity index (χ1v) is 10.7. The van der Waals surface area contributed by atoms with Crippen LogP contribution in [-0.4, -0.2) is 47.0 Å². The first kappa shape index (κ1) is 19.5. The van der Waals surface area contributed by atoms with Gasteiger partial charge >= 0.3 is 0 Å². The maximum absolute atomic E-state index is 12.3. The fourth-order valence-corrected chi connectivity index (χ4v) is 4.17. The smallest absolute Gasteiger partial charge is 0.231 e. The van der Waals surface area contributed by atoms with Gasteiger partial charge in [-0.1, -0.05) is 23.8 Å². The highest BCUT2D eigenvalue weighted by Crippen LogP contribution is 2.17. The highest BCUT2D eigenvalue weighted by molar-refractivity contribution is 7.09. The van der Waals surface area contributed by atoms with Crippen LogP contribution in [0.1, 0.15) is 16.3 Å². The minimum atomic E-state index is -0.0290. The van der Waals surface area contributed by atoms with Crippen LogP contribution in [-0.2, 0) is 17.8 Å². The molecule has 1 N–H and O–H groups in total. The topological polar surface area (TPSA) is 61.4 Å². The van der Waals surface area contributed by atoms with E-state index >= 15 is 0 Å². The summed E-state index contributed by atoms with van der Waals surface area (Å²) in [5.74, 6) is 1.02. The van der Waals surface area contributed by atoms with E-state index in [1.165, 1.54) is 5.56 Å². The zero-order chi connectivity index (χ0) is 20.1. The summed E-state index contributed by atoms with van der Waals surface area (Å²) < 4.78 is 0. The van der Waals surface area contributed by atoms with Gasteiger partial charge in [0, 0.05) is 50.0 Å². The number of pyridine rings is 1. The minimum absolute atomic E-state index is 0.0290. The molecule has 29 heavy (non-hydrogen) atoms. The third-order valence-electron chi connectivity index (χ3n) is 4.98. The van der Waals surface area contributed by atoms with Gasteiger partial charge in [0.05, 0.1) is 12.1 Å². The number of thiazole rings is 1. The van der Waals surface area contributed by atoms with E-state index in [1.807, 2.05) is 49.5 Å². The number of rotatable bonds is 6. The number of nitrogens with zero attached hydrogens (tertiary/aromatic N) is 4. The van der Waals surface area contributed by atoms with E-state index in [-0.39, 0.29) is 5.91 Å². The Labute approximate surface area is 175 Å². The van der Waals surface area contributed by atoms with Gasteiger partial charge in [-0.25, -0.2) is 9.97 Å². The van der Waals surface area contributed by atoms with E-state index in [2.05, 4.69) is 36.5 Å². The standard InChI is InChI=1S/C22H25N5OS/c1-17-5-7-18(8-6-17)24-21(28)14-22-25-19(16-29-22)15-26-10-12-27(13-11-26)20-4-2-3-9-23-20/h2-9,16H,10-15H2,1H3,(H,24,28). The Morgan fingerprint density at radius 2 is 1.90 bits per heavy atom. The molecule has 1 amide bonds. The third kappa shape index (κ3) is 5.40. The van der Waals surface area contributed by atoms with Crippen molar-refractivity contribution in [3.05, 3.63) is 70.3 Å². The van der Waals surface area contributed by atoms with E-state index < -0.39 is 0 Å². The molecule has 0 unspecified atom stereocenters. The normalized spacial score (nSPS) is 14.7. The van der Waals surface area contributed by atoms with Crippen molar-refractivity contribution < 1.29 is 4.79 Å². The molecule has 2 aromatic heterocycles. The van der Waals surface area contributed by atoms with Gasteiger partial charge in [0.25, 0.3) is 0 Å². The molecule has 1 aromatic carbocycles. The summed E-state index contributed by atoms with van der Waals surface area (Å²) in [6.45, 7) is 6.75. The molecule has 6 nitrogen and oxygen atoms in total. The van der Waals surface area contributed by atoms with Gasteiger partial charge in [0.1, 0.15) is 10.8 Å². The lowest BCUT2D eigenvalue weighted by atomic mass is 10.2. The Morgan fingerprint density at radius 1 is 1.10 bits per heavy atom. The predicted molar refractivity (Wildman–Crippen MR) is 117 cm³/mol. The number of nitrogens with one attached hydrogen (secondary N) is 1. The lowest BCUT2D eigenvalue weighted by Crippen LogP contribution is -2.46. The van der Waals surface area contributed by atoms with Crippen molar-refractivity contribution in [1.82, 2.24) is 14.9 Å². The predicted octanol–water partition coefficient (Wildman–Crippen LogP) is 3.35. The molecule has 0 saturated carbocycles. The van der Waals surface area contributed by atoms with Crippen molar-refractivity contribution in [3.63, 3.8) is 0 Å². The van der Waals surface area contributed by atoms with Crippen LogP contribution in [0, 0.1) is 6.92 Å². The summed E-state index contributed by atoms with van der Waals surface area (Å²) in [4.78, 5) is 26.1. The maximum Gasteiger partial charge on any atom is 0.231 e. The molecule has 0 bridgehead atoms. The number of hydrogen-bond donors (Lipinski definition) is 1. The molecule has 3 aromatic rings. The highest BCUT2D eigenvalue weighted by atomic mass is 32.1. The van der Waals surface area contributed by atoms with Gasteiger partial charge < -0.3 is 10.2 Å². The molecule has 7 heteroatoms. The largest absolute Gasteiger partial charge is 0.354 e. The summed E-state index contributed by atoms with van der Waals surface area (Å²) in [7, 11) is 0. The molecule has 3 heterocycles. The molecule has 0 radical (unpaired) electrons. The molecule has 4 rings (SSSR count). The Balaban J connectivity index is 1.25. The molecular formula is C22H25N5OS. The number of anilines is 2. The quantitative estimate of drug-likeness (QED) is 0.679. The first-order valence-electron chi connectivity index (χ1n) is 9.84. The Kier molecular flexibility index (Phi) is 6.17. The molecule has 0 spiro atoms. The molecule has 1 saturated heterocycles. The lowest BCUT2D eigenvalue weighted by molar-refractivity contribution is -0.115. The number of aromatic nitrogens is 2. The SMILES string of the molecule is Cc1ccc(NC(=O)Cc2nc(CN3CCN(c4ccccn4)CC3)cs2)cc1. The van der Waals surface area contributed by atoms with Crippen molar-refractivity contribution >= 4 is 28.7 Å². The van der Waals surface area contributed by atoms with Gasteiger partial charge in [-0.3, -0.25) is 9.69 Å². The number of amides is 1. The average molecular weight is 408 g/mol. The number of carbonyl (C=O) groups is 1. The van der Waals surface area contributed by atoms with Crippen LogP contribution in [0.3, 0.4) is 0 Å². The minimum Gasteiger partial charge on any atom is -0.354 e. The van der Waals surface area contributed by atoms with E-state index in [0.29, 0.717) is 6.42 Å². The molecule has 150 valence electrons. The van der Waals surface area contributed by atoms with E-state index in [0.717, 1.165) is 54.9 Å². The molecule has 1 aliphatic rings. The Morgan fingerprint density at radius 3 is 2.62 bits per heavy atom. The van der Waals surface area contributed by atoms with E-state index in [4.69, 9.17) is 0 Å². The summed E-state index contributed by atoms with van der Waals surface area (Å²) in [6, 6.07) is 13.9. The molecule has 0 atom stereocenters. The summed E-state index contributed by atoms with van der Waals surface area (Å²) in [5.41, 5.74) is 3.04. The second kappa shape index (κ2) is 9.15. The van der Waals surface area contributed by atoms with Crippen LogP contribution in [0.5, 0.6) is 0 Å². The van der Waals surface area contributed by atoms with Crippen molar-refractivity contribution in [3.8, 4) is 0 Å². The molecule has 1 fully saturated rings. The second-order valence-corrected chi connectivity index (χ2v) is 8.22. The summed E-state index contributed by atoms with van der Waals surface area (Å²) in [5, 5.41) is 5.86. The monoisotopic (exact) mass is 407 g/mol. The highest BCUT2D eigenvalue weighted by Gasteiger charge is 2.19. The maximum atomic E-state index is 12.3.